The van der Waals surface area contributed by atoms with Crippen LogP contribution in [-0.4, -0.2) is 30.3 Å². The molecule has 0 fully saturated rings. The van der Waals surface area contributed by atoms with E-state index in [0.717, 1.165) is 18.6 Å². The highest BCUT2D eigenvalue weighted by Crippen LogP contribution is 2.13. The van der Waals surface area contributed by atoms with E-state index in [2.05, 4.69) is 12.2 Å². The zero-order chi connectivity index (χ0) is 14.1. The second-order valence-electron chi connectivity index (χ2n) is 4.49. The summed E-state index contributed by atoms with van der Waals surface area (Å²) in [6, 6.07) is 6.88. The van der Waals surface area contributed by atoms with Gasteiger partial charge >= 0.3 is 0 Å². The van der Waals surface area contributed by atoms with Crippen molar-refractivity contribution in [1.82, 2.24) is 5.32 Å². The summed E-state index contributed by atoms with van der Waals surface area (Å²) in [6.45, 7) is 4.69. The summed E-state index contributed by atoms with van der Waals surface area (Å²) in [5, 5.41) is 11.8. The maximum absolute atomic E-state index is 11.9. The lowest BCUT2D eigenvalue weighted by atomic mass is 10.1. The SMILES string of the molecule is CCCCOc1ccc(C(=O)N[C@@H](CC)CO)cc1. The van der Waals surface area contributed by atoms with Gasteiger partial charge in [-0.2, -0.15) is 0 Å². The number of hydrogen-bond donors (Lipinski definition) is 2. The summed E-state index contributed by atoms with van der Waals surface area (Å²) >= 11 is 0. The standard InChI is InChI=1S/C15H23NO3/c1-3-5-10-19-14-8-6-12(7-9-14)15(18)16-13(4-2)11-17/h6-9,13,17H,3-5,10-11H2,1-2H3,(H,16,18)/t13-/m0/s1. The third-order valence-electron chi connectivity index (χ3n) is 2.93. The zero-order valence-electron chi connectivity index (χ0n) is 11.7. The maximum Gasteiger partial charge on any atom is 0.251 e. The van der Waals surface area contributed by atoms with E-state index in [4.69, 9.17) is 9.84 Å². The highest BCUT2D eigenvalue weighted by atomic mass is 16.5. The van der Waals surface area contributed by atoms with E-state index >= 15 is 0 Å². The van der Waals surface area contributed by atoms with Gasteiger partial charge < -0.3 is 15.2 Å². The molecule has 0 aromatic heterocycles. The lowest BCUT2D eigenvalue weighted by Crippen LogP contribution is -2.36. The molecule has 19 heavy (non-hydrogen) atoms. The monoisotopic (exact) mass is 265 g/mol. The smallest absolute Gasteiger partial charge is 0.251 e. The Bertz CT molecular complexity index is 371. The molecule has 0 spiro atoms. The first-order valence-electron chi connectivity index (χ1n) is 6.85. The molecule has 1 aromatic carbocycles. The van der Waals surface area contributed by atoms with Gasteiger partial charge in [0.1, 0.15) is 5.75 Å². The summed E-state index contributed by atoms with van der Waals surface area (Å²) in [5.41, 5.74) is 0.578. The minimum atomic E-state index is -0.187. The van der Waals surface area contributed by atoms with Crippen molar-refractivity contribution >= 4 is 5.91 Å². The first kappa shape index (κ1) is 15.5. The predicted molar refractivity (Wildman–Crippen MR) is 75.5 cm³/mol. The van der Waals surface area contributed by atoms with Gasteiger partial charge in [-0.3, -0.25) is 4.79 Å². The van der Waals surface area contributed by atoms with Gasteiger partial charge in [-0.05, 0) is 37.1 Å². The molecule has 106 valence electrons. The molecule has 4 heteroatoms. The molecule has 0 unspecified atom stereocenters. The summed E-state index contributed by atoms with van der Waals surface area (Å²) in [6.07, 6.45) is 2.83. The van der Waals surface area contributed by atoms with Gasteiger partial charge in [-0.25, -0.2) is 0 Å². The van der Waals surface area contributed by atoms with Crippen LogP contribution in [0, 0.1) is 0 Å². The summed E-state index contributed by atoms with van der Waals surface area (Å²) in [5.74, 6) is 0.611. The lowest BCUT2D eigenvalue weighted by Gasteiger charge is -2.14. The number of amides is 1. The Morgan fingerprint density at radius 2 is 2.00 bits per heavy atom. The highest BCUT2D eigenvalue weighted by molar-refractivity contribution is 5.94. The molecular formula is C15H23NO3. The first-order valence-corrected chi connectivity index (χ1v) is 6.85. The van der Waals surface area contributed by atoms with E-state index in [-0.39, 0.29) is 18.6 Å². The number of aliphatic hydroxyl groups excluding tert-OH is 1. The zero-order valence-corrected chi connectivity index (χ0v) is 11.7. The fraction of sp³-hybridized carbons (Fsp3) is 0.533. The van der Waals surface area contributed by atoms with Crippen LogP contribution in [0.25, 0.3) is 0 Å². The summed E-state index contributed by atoms with van der Waals surface area (Å²) in [4.78, 5) is 11.9. The van der Waals surface area contributed by atoms with Crippen molar-refractivity contribution in [2.45, 2.75) is 39.2 Å². The van der Waals surface area contributed by atoms with Crippen molar-refractivity contribution in [3.8, 4) is 5.75 Å². The van der Waals surface area contributed by atoms with Crippen molar-refractivity contribution in [3.05, 3.63) is 29.8 Å². The molecule has 1 rings (SSSR count). The Morgan fingerprint density at radius 1 is 1.32 bits per heavy atom. The number of carbonyl (C=O) groups is 1. The molecule has 0 aliphatic rings. The Hall–Kier alpha value is -1.55. The topological polar surface area (TPSA) is 58.6 Å². The van der Waals surface area contributed by atoms with E-state index < -0.39 is 0 Å². The van der Waals surface area contributed by atoms with Gasteiger partial charge in [0, 0.05) is 5.56 Å². The van der Waals surface area contributed by atoms with Crippen LogP contribution in [-0.2, 0) is 0 Å². The molecule has 0 bridgehead atoms. The van der Waals surface area contributed by atoms with Gasteiger partial charge in [0.2, 0.25) is 0 Å². The number of hydrogen-bond acceptors (Lipinski definition) is 3. The van der Waals surface area contributed by atoms with Gasteiger partial charge in [-0.1, -0.05) is 20.3 Å². The Kier molecular flexibility index (Phi) is 6.97. The molecular weight excluding hydrogens is 242 g/mol. The van der Waals surface area contributed by atoms with Crippen molar-refractivity contribution in [2.24, 2.45) is 0 Å². The van der Waals surface area contributed by atoms with Crippen LogP contribution >= 0.6 is 0 Å². The molecule has 1 amide bonds. The van der Waals surface area contributed by atoms with Crippen molar-refractivity contribution in [1.29, 1.82) is 0 Å². The molecule has 0 aliphatic carbocycles. The highest BCUT2D eigenvalue weighted by Gasteiger charge is 2.11. The molecule has 1 aromatic rings. The minimum absolute atomic E-state index is 0.0412. The summed E-state index contributed by atoms with van der Waals surface area (Å²) in [7, 11) is 0. The number of unbranched alkanes of at least 4 members (excludes halogenated alkanes) is 1. The Balaban J connectivity index is 2.52. The molecule has 0 heterocycles. The second-order valence-corrected chi connectivity index (χ2v) is 4.49. The Labute approximate surface area is 114 Å². The minimum Gasteiger partial charge on any atom is -0.494 e. The molecule has 0 radical (unpaired) electrons. The number of aliphatic hydroxyl groups is 1. The van der Waals surface area contributed by atoms with Crippen LogP contribution in [0.4, 0.5) is 0 Å². The number of nitrogens with one attached hydrogen (secondary N) is 1. The first-order chi connectivity index (χ1) is 9.21. The van der Waals surface area contributed by atoms with Crippen molar-refractivity contribution < 1.29 is 14.6 Å². The molecule has 4 nitrogen and oxygen atoms in total. The second kappa shape index (κ2) is 8.53. The fourth-order valence-electron chi connectivity index (χ4n) is 1.58. The van der Waals surface area contributed by atoms with Crippen LogP contribution in [0.15, 0.2) is 24.3 Å². The third-order valence-corrected chi connectivity index (χ3v) is 2.93. The van der Waals surface area contributed by atoms with Gasteiger partial charge in [0.05, 0.1) is 19.3 Å². The largest absolute Gasteiger partial charge is 0.494 e. The van der Waals surface area contributed by atoms with E-state index in [1.807, 2.05) is 6.92 Å². The molecule has 0 saturated carbocycles. The quantitative estimate of drug-likeness (QED) is 0.709. The molecule has 0 aliphatic heterocycles. The van der Waals surface area contributed by atoms with Gasteiger partial charge in [0.25, 0.3) is 5.91 Å². The van der Waals surface area contributed by atoms with Crippen LogP contribution < -0.4 is 10.1 Å². The van der Waals surface area contributed by atoms with E-state index in [9.17, 15) is 4.79 Å². The molecule has 2 N–H and O–H groups in total. The number of benzene rings is 1. The van der Waals surface area contributed by atoms with Crippen LogP contribution in [0.3, 0.4) is 0 Å². The number of ether oxygens (including phenoxy) is 1. The predicted octanol–water partition coefficient (Wildman–Crippen LogP) is 2.37. The van der Waals surface area contributed by atoms with Gasteiger partial charge in [0.15, 0.2) is 0 Å². The van der Waals surface area contributed by atoms with Gasteiger partial charge in [-0.15, -0.1) is 0 Å². The molecule has 0 saturated heterocycles. The van der Waals surface area contributed by atoms with Crippen molar-refractivity contribution in [2.75, 3.05) is 13.2 Å². The van der Waals surface area contributed by atoms with Crippen LogP contribution in [0.2, 0.25) is 0 Å². The average molecular weight is 265 g/mol. The molecule has 1 atom stereocenters. The average Bonchev–Trinajstić information content (AvgIpc) is 2.45. The normalized spacial score (nSPS) is 11.9. The van der Waals surface area contributed by atoms with E-state index in [0.29, 0.717) is 18.6 Å². The maximum atomic E-state index is 11.9. The van der Waals surface area contributed by atoms with Crippen LogP contribution in [0.1, 0.15) is 43.5 Å². The number of rotatable bonds is 8. The fourth-order valence-corrected chi connectivity index (χ4v) is 1.58. The van der Waals surface area contributed by atoms with E-state index in [1.54, 1.807) is 24.3 Å². The van der Waals surface area contributed by atoms with Crippen LogP contribution in [0.5, 0.6) is 5.75 Å². The summed E-state index contributed by atoms with van der Waals surface area (Å²) < 4.78 is 5.53. The number of carbonyl (C=O) groups excluding carboxylic acids is 1. The van der Waals surface area contributed by atoms with E-state index in [1.165, 1.54) is 0 Å². The lowest BCUT2D eigenvalue weighted by molar-refractivity contribution is 0.0915. The third kappa shape index (κ3) is 5.30. The Morgan fingerprint density at radius 3 is 2.53 bits per heavy atom. The van der Waals surface area contributed by atoms with Crippen molar-refractivity contribution in [3.63, 3.8) is 0 Å².